The molecule has 0 amide bonds. The first kappa shape index (κ1) is 10.7. The molecule has 1 rings (SSSR count). The maximum atomic E-state index is 8.49. The molecule has 3 heteroatoms. The average molecular weight is 200 g/mol. The number of ether oxygens (including phenoxy) is 1. The van der Waals surface area contributed by atoms with Crippen LogP contribution in [0.25, 0.3) is 0 Å². The lowest BCUT2D eigenvalue weighted by Crippen LogP contribution is -1.99. The molecule has 0 spiro atoms. The molecule has 2 nitrogen and oxygen atoms in total. The van der Waals surface area contributed by atoms with Crippen molar-refractivity contribution in [2.45, 2.75) is 19.3 Å². The summed E-state index contributed by atoms with van der Waals surface area (Å²) in [6.45, 7) is 1.71. The molecule has 0 aliphatic rings. The van der Waals surface area contributed by atoms with Crippen LogP contribution in [-0.2, 0) is 11.2 Å². The lowest BCUT2D eigenvalue weighted by atomic mass is 10.3. The summed E-state index contributed by atoms with van der Waals surface area (Å²) in [4.78, 5) is 1.42. The second-order valence-electron chi connectivity index (χ2n) is 2.87. The SMILES string of the molecule is OCCCOCCCc1cccs1. The number of hydrogen-bond donors (Lipinski definition) is 1. The highest BCUT2D eigenvalue weighted by atomic mass is 32.1. The Morgan fingerprint density at radius 2 is 2.15 bits per heavy atom. The first-order chi connectivity index (χ1) is 6.43. The molecule has 0 unspecified atom stereocenters. The number of aliphatic hydroxyl groups is 1. The van der Waals surface area contributed by atoms with E-state index in [2.05, 4.69) is 17.5 Å². The van der Waals surface area contributed by atoms with E-state index < -0.39 is 0 Å². The third kappa shape index (κ3) is 5.03. The van der Waals surface area contributed by atoms with Crippen molar-refractivity contribution in [2.75, 3.05) is 19.8 Å². The van der Waals surface area contributed by atoms with Crippen LogP contribution in [0.1, 0.15) is 17.7 Å². The van der Waals surface area contributed by atoms with Crippen LogP contribution in [0.3, 0.4) is 0 Å². The van der Waals surface area contributed by atoms with Gasteiger partial charge in [-0.3, -0.25) is 0 Å². The molecule has 0 radical (unpaired) electrons. The van der Waals surface area contributed by atoms with Crippen LogP contribution < -0.4 is 0 Å². The Morgan fingerprint density at radius 1 is 1.31 bits per heavy atom. The van der Waals surface area contributed by atoms with E-state index in [0.29, 0.717) is 6.61 Å². The average Bonchev–Trinajstić information content (AvgIpc) is 2.63. The summed E-state index contributed by atoms with van der Waals surface area (Å²) in [7, 11) is 0. The lowest BCUT2D eigenvalue weighted by molar-refractivity contribution is 0.114. The van der Waals surface area contributed by atoms with Crippen molar-refractivity contribution in [3.63, 3.8) is 0 Å². The Labute approximate surface area is 83.2 Å². The van der Waals surface area contributed by atoms with Crippen molar-refractivity contribution < 1.29 is 9.84 Å². The van der Waals surface area contributed by atoms with Crippen molar-refractivity contribution >= 4 is 11.3 Å². The topological polar surface area (TPSA) is 29.5 Å². The van der Waals surface area contributed by atoms with Gasteiger partial charge in [0.15, 0.2) is 0 Å². The van der Waals surface area contributed by atoms with E-state index in [1.807, 2.05) is 0 Å². The van der Waals surface area contributed by atoms with Crippen LogP contribution in [0.4, 0.5) is 0 Å². The van der Waals surface area contributed by atoms with E-state index in [1.54, 1.807) is 11.3 Å². The summed E-state index contributed by atoms with van der Waals surface area (Å²) >= 11 is 1.80. The molecule has 0 saturated carbocycles. The van der Waals surface area contributed by atoms with E-state index in [4.69, 9.17) is 9.84 Å². The number of thiophene rings is 1. The molecule has 1 aromatic rings. The van der Waals surface area contributed by atoms with Gasteiger partial charge in [0.1, 0.15) is 0 Å². The van der Waals surface area contributed by atoms with Gasteiger partial charge in [-0.25, -0.2) is 0 Å². The van der Waals surface area contributed by atoms with Crippen LogP contribution in [0.5, 0.6) is 0 Å². The Kier molecular flexibility index (Phi) is 5.81. The van der Waals surface area contributed by atoms with Crippen molar-refractivity contribution in [3.8, 4) is 0 Å². The first-order valence-electron chi connectivity index (χ1n) is 4.64. The number of aryl methyl sites for hydroxylation is 1. The van der Waals surface area contributed by atoms with Crippen LogP contribution in [0, 0.1) is 0 Å². The van der Waals surface area contributed by atoms with Gasteiger partial charge in [-0.2, -0.15) is 0 Å². The van der Waals surface area contributed by atoms with E-state index in [1.165, 1.54) is 4.88 Å². The Morgan fingerprint density at radius 3 is 2.85 bits per heavy atom. The maximum absolute atomic E-state index is 8.49. The highest BCUT2D eigenvalue weighted by molar-refractivity contribution is 7.09. The number of rotatable bonds is 7. The summed E-state index contributed by atoms with van der Waals surface area (Å²) in [6, 6.07) is 4.23. The van der Waals surface area contributed by atoms with E-state index in [9.17, 15) is 0 Å². The maximum Gasteiger partial charge on any atom is 0.0487 e. The van der Waals surface area contributed by atoms with Gasteiger partial charge in [-0.1, -0.05) is 6.07 Å². The minimum atomic E-state index is 0.227. The summed E-state index contributed by atoms with van der Waals surface area (Å²) < 4.78 is 5.32. The molecule has 0 bridgehead atoms. The fourth-order valence-electron chi connectivity index (χ4n) is 1.07. The Balaban J connectivity index is 1.90. The molecule has 0 atom stereocenters. The first-order valence-corrected chi connectivity index (χ1v) is 5.52. The highest BCUT2D eigenvalue weighted by Crippen LogP contribution is 2.10. The zero-order valence-electron chi connectivity index (χ0n) is 7.74. The second-order valence-corrected chi connectivity index (χ2v) is 3.90. The van der Waals surface area contributed by atoms with Crippen LogP contribution >= 0.6 is 11.3 Å². The summed E-state index contributed by atoms with van der Waals surface area (Å²) in [5.74, 6) is 0. The van der Waals surface area contributed by atoms with Crippen LogP contribution in [-0.4, -0.2) is 24.9 Å². The predicted octanol–water partition coefficient (Wildman–Crippen LogP) is 2.08. The molecular formula is C10H16O2S. The number of aliphatic hydroxyl groups excluding tert-OH is 1. The van der Waals surface area contributed by atoms with Gasteiger partial charge in [-0.15, -0.1) is 11.3 Å². The predicted molar refractivity (Wildman–Crippen MR) is 55.2 cm³/mol. The van der Waals surface area contributed by atoms with Crippen molar-refractivity contribution in [2.24, 2.45) is 0 Å². The van der Waals surface area contributed by atoms with E-state index >= 15 is 0 Å². The largest absolute Gasteiger partial charge is 0.396 e. The summed E-state index contributed by atoms with van der Waals surface area (Å²) in [5.41, 5.74) is 0. The molecular weight excluding hydrogens is 184 g/mol. The summed E-state index contributed by atoms with van der Waals surface area (Å²) in [6.07, 6.45) is 2.93. The standard InChI is InChI=1S/C10H16O2S/c11-6-3-8-12-7-1-4-10-5-2-9-13-10/h2,5,9,11H,1,3-4,6-8H2. The van der Waals surface area contributed by atoms with Gasteiger partial charge in [0.2, 0.25) is 0 Å². The van der Waals surface area contributed by atoms with Gasteiger partial charge in [0.05, 0.1) is 0 Å². The molecule has 0 saturated heterocycles. The quantitative estimate of drug-likeness (QED) is 0.683. The zero-order chi connectivity index (χ0) is 9.36. The third-order valence-corrected chi connectivity index (χ3v) is 2.67. The van der Waals surface area contributed by atoms with Gasteiger partial charge in [0.25, 0.3) is 0 Å². The van der Waals surface area contributed by atoms with Gasteiger partial charge < -0.3 is 9.84 Å². The molecule has 13 heavy (non-hydrogen) atoms. The molecule has 1 N–H and O–H groups in total. The number of hydrogen-bond acceptors (Lipinski definition) is 3. The fraction of sp³-hybridized carbons (Fsp3) is 0.600. The minimum absolute atomic E-state index is 0.227. The molecule has 0 aliphatic heterocycles. The van der Waals surface area contributed by atoms with Crippen molar-refractivity contribution in [3.05, 3.63) is 22.4 Å². The smallest absolute Gasteiger partial charge is 0.0487 e. The zero-order valence-corrected chi connectivity index (χ0v) is 8.55. The Bertz CT molecular complexity index is 197. The molecule has 1 aromatic heterocycles. The molecule has 74 valence electrons. The molecule has 1 heterocycles. The van der Waals surface area contributed by atoms with Gasteiger partial charge in [-0.05, 0) is 30.7 Å². The summed E-state index contributed by atoms with van der Waals surface area (Å²) in [5, 5.41) is 10.6. The Hall–Kier alpha value is -0.380. The minimum Gasteiger partial charge on any atom is -0.396 e. The molecule has 0 aliphatic carbocycles. The second kappa shape index (κ2) is 7.06. The van der Waals surface area contributed by atoms with Gasteiger partial charge >= 0.3 is 0 Å². The normalized spacial score (nSPS) is 10.5. The van der Waals surface area contributed by atoms with Crippen molar-refractivity contribution in [1.29, 1.82) is 0 Å². The third-order valence-electron chi connectivity index (χ3n) is 1.74. The van der Waals surface area contributed by atoms with Crippen molar-refractivity contribution in [1.82, 2.24) is 0 Å². The molecule has 0 aromatic carbocycles. The van der Waals surface area contributed by atoms with Crippen LogP contribution in [0.2, 0.25) is 0 Å². The monoisotopic (exact) mass is 200 g/mol. The molecule has 0 fully saturated rings. The van der Waals surface area contributed by atoms with Gasteiger partial charge in [0, 0.05) is 24.7 Å². The van der Waals surface area contributed by atoms with E-state index in [0.717, 1.165) is 25.9 Å². The highest BCUT2D eigenvalue weighted by Gasteiger charge is 1.93. The lowest BCUT2D eigenvalue weighted by Gasteiger charge is -2.01. The van der Waals surface area contributed by atoms with E-state index in [-0.39, 0.29) is 6.61 Å². The van der Waals surface area contributed by atoms with Crippen LogP contribution in [0.15, 0.2) is 17.5 Å². The fourth-order valence-corrected chi connectivity index (χ4v) is 1.82.